The summed E-state index contributed by atoms with van der Waals surface area (Å²) in [6.07, 6.45) is -3.81. The highest BCUT2D eigenvalue weighted by atomic mass is 19.4. The molecule has 1 heterocycles. The van der Waals surface area contributed by atoms with E-state index in [1.807, 2.05) is 11.0 Å². The highest BCUT2D eigenvalue weighted by Crippen LogP contribution is 2.31. The summed E-state index contributed by atoms with van der Waals surface area (Å²) >= 11 is 0. The highest BCUT2D eigenvalue weighted by Gasteiger charge is 2.35. The quantitative estimate of drug-likeness (QED) is 0.836. The molecule has 1 aliphatic heterocycles. The number of nitrogens with zero attached hydrogens (tertiary/aromatic N) is 2. The molecule has 2 rings (SSSR count). The lowest BCUT2D eigenvalue weighted by molar-refractivity contribution is -0.137. The lowest BCUT2D eigenvalue weighted by Gasteiger charge is -2.20. The first kappa shape index (κ1) is 12.7. The van der Waals surface area contributed by atoms with Crippen LogP contribution >= 0.6 is 0 Å². The number of alkyl halides is 3. The smallest absolute Gasteiger partial charge is 0.368 e. The van der Waals surface area contributed by atoms with Gasteiger partial charge in [-0.1, -0.05) is 0 Å². The van der Waals surface area contributed by atoms with Crippen molar-refractivity contribution in [2.75, 3.05) is 18.0 Å². The number of halogens is 3. The van der Waals surface area contributed by atoms with E-state index in [1.165, 1.54) is 12.1 Å². The molecule has 0 amide bonds. The Hall–Kier alpha value is -1.74. The van der Waals surface area contributed by atoms with Gasteiger partial charge >= 0.3 is 6.18 Å². The maximum absolute atomic E-state index is 12.4. The van der Waals surface area contributed by atoms with Crippen LogP contribution < -0.4 is 10.6 Å². The van der Waals surface area contributed by atoms with Crippen molar-refractivity contribution in [3.63, 3.8) is 0 Å². The maximum Gasteiger partial charge on any atom is 0.416 e. The van der Waals surface area contributed by atoms with Gasteiger partial charge in [-0.3, -0.25) is 0 Å². The second-order valence-corrected chi connectivity index (χ2v) is 4.48. The third-order valence-electron chi connectivity index (χ3n) is 3.08. The van der Waals surface area contributed by atoms with Gasteiger partial charge in [0.1, 0.15) is 5.54 Å². The molecular formula is C12H12F3N3. The molecule has 1 aromatic carbocycles. The van der Waals surface area contributed by atoms with Gasteiger partial charge in [-0.25, -0.2) is 0 Å². The Kier molecular flexibility index (Phi) is 2.95. The molecule has 0 radical (unpaired) electrons. The van der Waals surface area contributed by atoms with Crippen molar-refractivity contribution in [3.8, 4) is 6.07 Å². The van der Waals surface area contributed by atoms with Crippen LogP contribution in [0.4, 0.5) is 18.9 Å². The topological polar surface area (TPSA) is 53.1 Å². The second kappa shape index (κ2) is 4.18. The van der Waals surface area contributed by atoms with Gasteiger partial charge in [0, 0.05) is 18.8 Å². The van der Waals surface area contributed by atoms with E-state index in [9.17, 15) is 13.2 Å². The van der Waals surface area contributed by atoms with E-state index in [1.54, 1.807) is 0 Å². The Balaban J connectivity index is 2.15. The fourth-order valence-corrected chi connectivity index (χ4v) is 2.01. The van der Waals surface area contributed by atoms with E-state index in [-0.39, 0.29) is 0 Å². The largest absolute Gasteiger partial charge is 0.416 e. The highest BCUT2D eigenvalue weighted by molar-refractivity contribution is 5.50. The van der Waals surface area contributed by atoms with Gasteiger partial charge in [0.15, 0.2) is 0 Å². The van der Waals surface area contributed by atoms with Gasteiger partial charge in [-0.05, 0) is 30.7 Å². The number of rotatable bonds is 1. The molecule has 0 bridgehead atoms. The van der Waals surface area contributed by atoms with Crippen molar-refractivity contribution < 1.29 is 13.2 Å². The van der Waals surface area contributed by atoms with E-state index in [0.29, 0.717) is 25.2 Å². The summed E-state index contributed by atoms with van der Waals surface area (Å²) in [4.78, 5) is 1.82. The van der Waals surface area contributed by atoms with Gasteiger partial charge in [0.2, 0.25) is 0 Å². The minimum Gasteiger partial charge on any atom is -0.368 e. The zero-order valence-electron chi connectivity index (χ0n) is 9.54. The van der Waals surface area contributed by atoms with Gasteiger partial charge < -0.3 is 10.6 Å². The summed E-state index contributed by atoms with van der Waals surface area (Å²) in [5.41, 5.74) is 4.88. The van der Waals surface area contributed by atoms with Crippen molar-refractivity contribution in [2.45, 2.75) is 18.1 Å². The SMILES string of the molecule is N#CC1(N)CCN(c2ccc(C(F)(F)F)cc2)C1. The van der Waals surface area contributed by atoms with E-state index in [4.69, 9.17) is 11.0 Å². The molecule has 2 N–H and O–H groups in total. The second-order valence-electron chi connectivity index (χ2n) is 4.48. The number of nitrogens with two attached hydrogens (primary N) is 1. The Bertz CT molecular complexity index is 475. The summed E-state index contributed by atoms with van der Waals surface area (Å²) in [7, 11) is 0. The zero-order valence-corrected chi connectivity index (χ0v) is 9.54. The van der Waals surface area contributed by atoms with Crippen LogP contribution in [-0.2, 0) is 6.18 Å². The van der Waals surface area contributed by atoms with E-state index < -0.39 is 17.3 Å². The number of anilines is 1. The first-order valence-electron chi connectivity index (χ1n) is 5.46. The van der Waals surface area contributed by atoms with E-state index in [0.717, 1.165) is 12.1 Å². The predicted octanol–water partition coefficient (Wildman–Crippen LogP) is 2.14. The summed E-state index contributed by atoms with van der Waals surface area (Å²) in [6, 6.07) is 6.93. The molecule has 3 nitrogen and oxygen atoms in total. The predicted molar refractivity (Wildman–Crippen MR) is 60.8 cm³/mol. The Labute approximate surface area is 103 Å². The fourth-order valence-electron chi connectivity index (χ4n) is 2.01. The average molecular weight is 255 g/mol. The third kappa shape index (κ3) is 2.41. The van der Waals surface area contributed by atoms with Crippen molar-refractivity contribution >= 4 is 5.69 Å². The molecule has 0 aromatic heterocycles. The fraction of sp³-hybridized carbons (Fsp3) is 0.417. The molecular weight excluding hydrogens is 243 g/mol. The monoisotopic (exact) mass is 255 g/mol. The number of benzene rings is 1. The summed E-state index contributed by atoms with van der Waals surface area (Å²) < 4.78 is 37.2. The van der Waals surface area contributed by atoms with Crippen molar-refractivity contribution in [3.05, 3.63) is 29.8 Å². The molecule has 96 valence electrons. The van der Waals surface area contributed by atoms with Crippen molar-refractivity contribution in [1.29, 1.82) is 5.26 Å². The lowest BCUT2D eigenvalue weighted by Crippen LogP contribution is -2.41. The Morgan fingerprint density at radius 3 is 2.33 bits per heavy atom. The standard InChI is InChI=1S/C12H12F3N3/c13-12(14,15)9-1-3-10(4-2-9)18-6-5-11(17,7-16)8-18/h1-4H,5-6,8,17H2. The molecule has 6 heteroatoms. The van der Waals surface area contributed by atoms with Crippen LogP contribution in [0.3, 0.4) is 0 Å². The van der Waals surface area contributed by atoms with Crippen molar-refractivity contribution in [1.82, 2.24) is 0 Å². The first-order valence-corrected chi connectivity index (χ1v) is 5.46. The zero-order chi connectivity index (χ0) is 13.4. The van der Waals surface area contributed by atoms with E-state index >= 15 is 0 Å². The number of hydrogen-bond acceptors (Lipinski definition) is 3. The summed E-state index contributed by atoms with van der Waals surface area (Å²) in [5, 5.41) is 8.89. The van der Waals surface area contributed by atoms with Gasteiger partial charge in [-0.2, -0.15) is 18.4 Å². The van der Waals surface area contributed by atoms with E-state index in [2.05, 4.69) is 0 Å². The van der Waals surface area contributed by atoms with Crippen LogP contribution in [0.1, 0.15) is 12.0 Å². The minimum absolute atomic E-state index is 0.342. The van der Waals surface area contributed by atoms with Crippen LogP contribution in [0.15, 0.2) is 24.3 Å². The molecule has 1 aliphatic rings. The molecule has 0 aliphatic carbocycles. The van der Waals surface area contributed by atoms with Gasteiger partial charge in [0.25, 0.3) is 0 Å². The number of nitriles is 1. The maximum atomic E-state index is 12.4. The first-order chi connectivity index (χ1) is 8.34. The molecule has 0 saturated carbocycles. The summed E-state index contributed by atoms with van der Waals surface area (Å²) in [5.74, 6) is 0. The van der Waals surface area contributed by atoms with Crippen LogP contribution in [-0.4, -0.2) is 18.6 Å². The Morgan fingerprint density at radius 2 is 1.89 bits per heavy atom. The molecule has 1 saturated heterocycles. The molecule has 1 fully saturated rings. The third-order valence-corrected chi connectivity index (χ3v) is 3.08. The average Bonchev–Trinajstić information content (AvgIpc) is 2.72. The molecule has 18 heavy (non-hydrogen) atoms. The molecule has 1 aromatic rings. The Morgan fingerprint density at radius 1 is 1.28 bits per heavy atom. The van der Waals surface area contributed by atoms with Crippen LogP contribution in [0.5, 0.6) is 0 Å². The molecule has 1 atom stereocenters. The van der Waals surface area contributed by atoms with Gasteiger partial charge in [0.05, 0.1) is 11.6 Å². The molecule has 1 unspecified atom stereocenters. The normalized spacial score (nSPS) is 24.1. The van der Waals surface area contributed by atoms with Crippen LogP contribution in [0.25, 0.3) is 0 Å². The van der Waals surface area contributed by atoms with Crippen LogP contribution in [0.2, 0.25) is 0 Å². The van der Waals surface area contributed by atoms with Crippen LogP contribution in [0, 0.1) is 11.3 Å². The van der Waals surface area contributed by atoms with Gasteiger partial charge in [-0.15, -0.1) is 0 Å². The number of hydrogen-bond donors (Lipinski definition) is 1. The molecule has 0 spiro atoms. The lowest BCUT2D eigenvalue weighted by atomic mass is 10.0. The summed E-state index contributed by atoms with van der Waals surface area (Å²) in [6.45, 7) is 0.921. The minimum atomic E-state index is -4.33. The van der Waals surface area contributed by atoms with Crippen molar-refractivity contribution in [2.24, 2.45) is 5.73 Å².